The lowest BCUT2D eigenvalue weighted by molar-refractivity contribution is -0.125. The van der Waals surface area contributed by atoms with Crippen LogP contribution in [0.15, 0.2) is 24.3 Å². The van der Waals surface area contributed by atoms with Crippen molar-refractivity contribution in [3.63, 3.8) is 0 Å². The maximum Gasteiger partial charge on any atom is 0.230 e. The molecule has 0 bridgehead atoms. The van der Waals surface area contributed by atoms with E-state index < -0.39 is 0 Å². The molecule has 4 heteroatoms. The average molecular weight is 251 g/mol. The number of rotatable bonds is 3. The fourth-order valence-electron chi connectivity index (χ4n) is 2.25. The standard InChI is InChI=1S/C14H18FNO2/c1-2-16(13-5-3-12(15)4-6-13)14(17)11-7-9-18-10-8-11/h3-6,11H,2,7-10H2,1H3. The average Bonchev–Trinajstić information content (AvgIpc) is 2.42. The lowest BCUT2D eigenvalue weighted by Gasteiger charge is -2.28. The zero-order valence-corrected chi connectivity index (χ0v) is 10.6. The Hall–Kier alpha value is -1.42. The highest BCUT2D eigenvalue weighted by Crippen LogP contribution is 2.22. The van der Waals surface area contributed by atoms with Crippen LogP contribution < -0.4 is 4.90 Å². The lowest BCUT2D eigenvalue weighted by Crippen LogP contribution is -2.38. The number of anilines is 1. The van der Waals surface area contributed by atoms with Gasteiger partial charge < -0.3 is 9.64 Å². The van der Waals surface area contributed by atoms with E-state index in [1.54, 1.807) is 17.0 Å². The summed E-state index contributed by atoms with van der Waals surface area (Å²) in [6.07, 6.45) is 1.55. The first-order chi connectivity index (χ1) is 8.72. The molecule has 2 rings (SSSR count). The molecular weight excluding hydrogens is 233 g/mol. The van der Waals surface area contributed by atoms with Crippen LogP contribution in [0.25, 0.3) is 0 Å². The van der Waals surface area contributed by atoms with E-state index in [-0.39, 0.29) is 17.6 Å². The van der Waals surface area contributed by atoms with Gasteiger partial charge in [0.1, 0.15) is 5.82 Å². The second-order valence-electron chi connectivity index (χ2n) is 4.45. The third kappa shape index (κ3) is 2.88. The zero-order valence-electron chi connectivity index (χ0n) is 10.6. The van der Waals surface area contributed by atoms with E-state index in [1.165, 1.54) is 12.1 Å². The van der Waals surface area contributed by atoms with Gasteiger partial charge in [-0.2, -0.15) is 0 Å². The van der Waals surface area contributed by atoms with Gasteiger partial charge in [-0.05, 0) is 44.0 Å². The topological polar surface area (TPSA) is 29.5 Å². The molecule has 1 heterocycles. The number of benzene rings is 1. The van der Waals surface area contributed by atoms with E-state index in [2.05, 4.69) is 0 Å². The molecule has 0 unspecified atom stereocenters. The summed E-state index contributed by atoms with van der Waals surface area (Å²) in [7, 11) is 0. The maximum absolute atomic E-state index is 12.9. The summed E-state index contributed by atoms with van der Waals surface area (Å²) in [4.78, 5) is 14.1. The van der Waals surface area contributed by atoms with Crippen molar-refractivity contribution < 1.29 is 13.9 Å². The van der Waals surface area contributed by atoms with E-state index in [1.807, 2.05) is 6.92 Å². The summed E-state index contributed by atoms with van der Waals surface area (Å²) in [6.45, 7) is 3.83. The number of nitrogens with zero attached hydrogens (tertiary/aromatic N) is 1. The number of hydrogen-bond acceptors (Lipinski definition) is 2. The maximum atomic E-state index is 12.9. The Balaban J connectivity index is 2.12. The van der Waals surface area contributed by atoms with Crippen molar-refractivity contribution in [2.75, 3.05) is 24.7 Å². The smallest absolute Gasteiger partial charge is 0.230 e. The Morgan fingerprint density at radius 3 is 2.50 bits per heavy atom. The van der Waals surface area contributed by atoms with Gasteiger partial charge in [0, 0.05) is 31.4 Å². The molecule has 1 fully saturated rings. The van der Waals surface area contributed by atoms with Crippen LogP contribution in [0.5, 0.6) is 0 Å². The van der Waals surface area contributed by atoms with Gasteiger partial charge in [0.2, 0.25) is 5.91 Å². The Morgan fingerprint density at radius 2 is 1.94 bits per heavy atom. The van der Waals surface area contributed by atoms with Crippen molar-refractivity contribution in [3.05, 3.63) is 30.1 Å². The van der Waals surface area contributed by atoms with Gasteiger partial charge in [-0.25, -0.2) is 4.39 Å². The molecule has 3 nitrogen and oxygen atoms in total. The molecule has 1 aliphatic heterocycles. The van der Waals surface area contributed by atoms with Gasteiger partial charge in [-0.1, -0.05) is 0 Å². The summed E-state index contributed by atoms with van der Waals surface area (Å²) < 4.78 is 18.2. The van der Waals surface area contributed by atoms with Crippen LogP contribution in [-0.2, 0) is 9.53 Å². The minimum atomic E-state index is -0.284. The number of hydrogen-bond donors (Lipinski definition) is 0. The Kier molecular flexibility index (Phi) is 4.31. The van der Waals surface area contributed by atoms with Gasteiger partial charge in [-0.3, -0.25) is 4.79 Å². The van der Waals surface area contributed by atoms with Crippen LogP contribution in [0.3, 0.4) is 0 Å². The van der Waals surface area contributed by atoms with Crippen molar-refractivity contribution in [2.24, 2.45) is 5.92 Å². The molecule has 0 aliphatic carbocycles. The van der Waals surface area contributed by atoms with Crippen molar-refractivity contribution in [2.45, 2.75) is 19.8 Å². The van der Waals surface area contributed by atoms with Crippen LogP contribution in [0.2, 0.25) is 0 Å². The summed E-state index contributed by atoms with van der Waals surface area (Å²) in [5, 5.41) is 0. The first-order valence-electron chi connectivity index (χ1n) is 6.37. The van der Waals surface area contributed by atoms with Gasteiger partial charge in [0.15, 0.2) is 0 Å². The Bertz CT molecular complexity index is 399. The largest absolute Gasteiger partial charge is 0.381 e. The quantitative estimate of drug-likeness (QED) is 0.826. The number of carbonyl (C=O) groups excluding carboxylic acids is 1. The molecule has 1 amide bonds. The second kappa shape index (κ2) is 5.96. The molecule has 98 valence electrons. The lowest BCUT2D eigenvalue weighted by atomic mass is 9.98. The molecule has 18 heavy (non-hydrogen) atoms. The molecule has 1 aromatic rings. The normalized spacial score (nSPS) is 16.6. The Morgan fingerprint density at radius 1 is 1.33 bits per heavy atom. The second-order valence-corrected chi connectivity index (χ2v) is 4.45. The minimum absolute atomic E-state index is 0.0313. The number of halogens is 1. The van der Waals surface area contributed by atoms with Crippen LogP contribution in [-0.4, -0.2) is 25.7 Å². The highest BCUT2D eigenvalue weighted by Gasteiger charge is 2.26. The zero-order chi connectivity index (χ0) is 13.0. The van der Waals surface area contributed by atoms with Gasteiger partial charge in [-0.15, -0.1) is 0 Å². The van der Waals surface area contributed by atoms with Crippen molar-refractivity contribution in [3.8, 4) is 0 Å². The van der Waals surface area contributed by atoms with Crippen LogP contribution in [0, 0.1) is 11.7 Å². The van der Waals surface area contributed by atoms with E-state index in [0.717, 1.165) is 18.5 Å². The molecule has 0 saturated carbocycles. The first-order valence-corrected chi connectivity index (χ1v) is 6.37. The molecule has 0 radical (unpaired) electrons. The van der Waals surface area contributed by atoms with Crippen LogP contribution >= 0.6 is 0 Å². The van der Waals surface area contributed by atoms with Crippen molar-refractivity contribution >= 4 is 11.6 Å². The molecule has 1 saturated heterocycles. The third-order valence-electron chi connectivity index (χ3n) is 3.29. The minimum Gasteiger partial charge on any atom is -0.381 e. The third-order valence-corrected chi connectivity index (χ3v) is 3.29. The highest BCUT2D eigenvalue weighted by atomic mass is 19.1. The highest BCUT2D eigenvalue weighted by molar-refractivity contribution is 5.95. The molecule has 0 N–H and O–H groups in total. The molecule has 1 aromatic carbocycles. The summed E-state index contributed by atoms with van der Waals surface area (Å²) in [6, 6.07) is 6.07. The number of ether oxygens (including phenoxy) is 1. The van der Waals surface area contributed by atoms with E-state index in [4.69, 9.17) is 4.74 Å². The van der Waals surface area contributed by atoms with Crippen molar-refractivity contribution in [1.29, 1.82) is 0 Å². The van der Waals surface area contributed by atoms with Gasteiger partial charge in [0.05, 0.1) is 0 Å². The molecule has 0 aromatic heterocycles. The summed E-state index contributed by atoms with van der Waals surface area (Å²) >= 11 is 0. The predicted octanol–water partition coefficient (Wildman–Crippen LogP) is 2.61. The monoisotopic (exact) mass is 251 g/mol. The number of amides is 1. The fourth-order valence-corrected chi connectivity index (χ4v) is 2.25. The summed E-state index contributed by atoms with van der Waals surface area (Å²) in [5.41, 5.74) is 0.760. The Labute approximate surface area is 107 Å². The predicted molar refractivity (Wildman–Crippen MR) is 68.0 cm³/mol. The van der Waals surface area contributed by atoms with Gasteiger partial charge in [0.25, 0.3) is 0 Å². The van der Waals surface area contributed by atoms with Crippen molar-refractivity contribution in [1.82, 2.24) is 0 Å². The van der Waals surface area contributed by atoms with E-state index in [0.29, 0.717) is 19.8 Å². The van der Waals surface area contributed by atoms with Crippen LogP contribution in [0.4, 0.5) is 10.1 Å². The molecule has 0 atom stereocenters. The van der Waals surface area contributed by atoms with Crippen LogP contribution in [0.1, 0.15) is 19.8 Å². The summed E-state index contributed by atoms with van der Waals surface area (Å²) in [5.74, 6) is -0.135. The molecular formula is C14H18FNO2. The van der Waals surface area contributed by atoms with E-state index in [9.17, 15) is 9.18 Å². The SMILES string of the molecule is CCN(C(=O)C1CCOCC1)c1ccc(F)cc1. The van der Waals surface area contributed by atoms with Gasteiger partial charge >= 0.3 is 0 Å². The number of carbonyl (C=O) groups is 1. The van der Waals surface area contributed by atoms with E-state index >= 15 is 0 Å². The molecule has 1 aliphatic rings. The molecule has 0 spiro atoms. The first kappa shape index (κ1) is 13.0. The fraction of sp³-hybridized carbons (Fsp3) is 0.500.